The molecule has 1 heterocycles. The van der Waals surface area contributed by atoms with Gasteiger partial charge in [0.25, 0.3) is 5.69 Å². The molecule has 0 amide bonds. The predicted molar refractivity (Wildman–Crippen MR) is 88.5 cm³/mol. The summed E-state index contributed by atoms with van der Waals surface area (Å²) >= 11 is 0. The van der Waals surface area contributed by atoms with Crippen LogP contribution in [0.3, 0.4) is 0 Å². The van der Waals surface area contributed by atoms with Crippen LogP contribution in [0.25, 0.3) is 0 Å². The molecule has 132 valence electrons. The van der Waals surface area contributed by atoms with Crippen LogP contribution < -0.4 is 4.90 Å². The van der Waals surface area contributed by atoms with E-state index in [2.05, 4.69) is 0 Å². The van der Waals surface area contributed by atoms with Crippen molar-refractivity contribution < 1.29 is 18.8 Å². The predicted octanol–water partition coefficient (Wildman–Crippen LogP) is 3.68. The maximum atomic E-state index is 14.1. The number of hydrogen-bond acceptors (Lipinski definition) is 5. The van der Waals surface area contributed by atoms with Crippen molar-refractivity contribution in [3.8, 4) is 0 Å². The van der Waals surface area contributed by atoms with Gasteiger partial charge in [-0.15, -0.1) is 0 Å². The number of halogens is 1. The van der Waals surface area contributed by atoms with E-state index < -0.39 is 16.3 Å². The average molecular weight is 338 g/mol. The minimum Gasteiger partial charge on any atom is -0.460 e. The number of ether oxygens (including phenoxy) is 1. The highest BCUT2D eigenvalue weighted by molar-refractivity contribution is 5.70. The van der Waals surface area contributed by atoms with Gasteiger partial charge in [0, 0.05) is 25.6 Å². The molecule has 24 heavy (non-hydrogen) atoms. The molecule has 1 saturated heterocycles. The first kappa shape index (κ1) is 18.2. The van der Waals surface area contributed by atoms with E-state index in [1.165, 1.54) is 12.1 Å². The highest BCUT2D eigenvalue weighted by Crippen LogP contribution is 2.29. The Morgan fingerprint density at radius 2 is 2.00 bits per heavy atom. The second kappa shape index (κ2) is 7.15. The lowest BCUT2D eigenvalue weighted by Gasteiger charge is -2.33. The lowest BCUT2D eigenvalue weighted by molar-refractivity contribution is -0.385. The van der Waals surface area contributed by atoms with Gasteiger partial charge in [-0.25, -0.2) is 4.39 Å². The van der Waals surface area contributed by atoms with Gasteiger partial charge in [0.05, 0.1) is 16.7 Å². The van der Waals surface area contributed by atoms with E-state index >= 15 is 0 Å². The number of non-ortho nitro benzene ring substituents is 1. The zero-order valence-electron chi connectivity index (χ0n) is 14.3. The Balaban J connectivity index is 1.91. The van der Waals surface area contributed by atoms with Gasteiger partial charge >= 0.3 is 5.97 Å². The fraction of sp³-hybridized carbons (Fsp3) is 0.588. The molecule has 1 aromatic rings. The van der Waals surface area contributed by atoms with E-state index in [4.69, 9.17) is 4.74 Å². The molecule has 0 saturated carbocycles. The van der Waals surface area contributed by atoms with Gasteiger partial charge in [0.2, 0.25) is 0 Å². The lowest BCUT2D eigenvalue weighted by Crippen LogP contribution is -2.35. The van der Waals surface area contributed by atoms with E-state index in [9.17, 15) is 19.3 Å². The van der Waals surface area contributed by atoms with Crippen molar-refractivity contribution in [1.29, 1.82) is 0 Å². The van der Waals surface area contributed by atoms with Crippen LogP contribution in [0.1, 0.15) is 40.0 Å². The van der Waals surface area contributed by atoms with Crippen LogP contribution in [-0.4, -0.2) is 29.6 Å². The first-order valence-electron chi connectivity index (χ1n) is 8.06. The minimum atomic E-state index is -0.611. The van der Waals surface area contributed by atoms with Gasteiger partial charge in [0.15, 0.2) is 5.82 Å². The molecule has 0 spiro atoms. The zero-order valence-corrected chi connectivity index (χ0v) is 14.3. The fourth-order valence-electron chi connectivity index (χ4n) is 2.86. The highest BCUT2D eigenvalue weighted by atomic mass is 19.1. The Morgan fingerprint density at radius 3 is 2.50 bits per heavy atom. The van der Waals surface area contributed by atoms with Gasteiger partial charge in [-0.1, -0.05) is 0 Å². The SMILES string of the molecule is CC(C)(C)OC(=O)CC1CCN(c2ccc([N+](=O)[O-])cc2F)CC1. The third kappa shape index (κ3) is 4.91. The highest BCUT2D eigenvalue weighted by Gasteiger charge is 2.26. The van der Waals surface area contributed by atoms with Gasteiger partial charge in [-0.2, -0.15) is 0 Å². The number of carbonyl (C=O) groups is 1. The summed E-state index contributed by atoms with van der Waals surface area (Å²) in [5.74, 6) is -0.575. The van der Waals surface area contributed by atoms with Gasteiger partial charge in [0.1, 0.15) is 5.60 Å². The summed E-state index contributed by atoms with van der Waals surface area (Å²) in [7, 11) is 0. The summed E-state index contributed by atoms with van der Waals surface area (Å²) in [6, 6.07) is 3.70. The smallest absolute Gasteiger partial charge is 0.306 e. The molecule has 2 rings (SSSR count). The Morgan fingerprint density at radius 1 is 1.38 bits per heavy atom. The molecule has 0 N–H and O–H groups in total. The van der Waals surface area contributed by atoms with Crippen LogP contribution in [0.4, 0.5) is 15.8 Å². The maximum absolute atomic E-state index is 14.1. The molecule has 1 fully saturated rings. The van der Waals surface area contributed by atoms with Crippen molar-refractivity contribution in [3.05, 3.63) is 34.1 Å². The summed E-state index contributed by atoms with van der Waals surface area (Å²) in [4.78, 5) is 23.8. The molecular formula is C17H23FN2O4. The Labute approximate surface area is 140 Å². The molecule has 0 aromatic heterocycles. The second-order valence-electron chi connectivity index (χ2n) is 7.11. The van der Waals surface area contributed by atoms with Crippen LogP contribution in [0.15, 0.2) is 18.2 Å². The average Bonchev–Trinajstić information content (AvgIpc) is 2.46. The molecule has 1 aromatic carbocycles. The van der Waals surface area contributed by atoms with Crippen molar-refractivity contribution in [2.24, 2.45) is 5.92 Å². The normalized spacial score (nSPS) is 16.1. The van der Waals surface area contributed by atoms with Gasteiger partial charge < -0.3 is 9.64 Å². The van der Waals surface area contributed by atoms with Crippen molar-refractivity contribution >= 4 is 17.3 Å². The number of nitro groups is 1. The lowest BCUT2D eigenvalue weighted by atomic mass is 9.93. The number of anilines is 1. The number of piperidine rings is 1. The number of benzene rings is 1. The second-order valence-corrected chi connectivity index (χ2v) is 7.11. The summed E-state index contributed by atoms with van der Waals surface area (Å²) < 4.78 is 19.4. The van der Waals surface area contributed by atoms with Crippen molar-refractivity contribution in [3.63, 3.8) is 0 Å². The molecule has 0 atom stereocenters. The molecule has 1 aliphatic rings. The van der Waals surface area contributed by atoms with E-state index in [1.54, 1.807) is 0 Å². The molecule has 7 heteroatoms. The zero-order chi connectivity index (χ0) is 17.9. The van der Waals surface area contributed by atoms with Crippen LogP contribution in [0, 0.1) is 21.8 Å². The van der Waals surface area contributed by atoms with Crippen LogP contribution in [0.5, 0.6) is 0 Å². The summed E-state index contributed by atoms with van der Waals surface area (Å²) in [5, 5.41) is 10.7. The standard InChI is InChI=1S/C17H23FN2O4/c1-17(2,3)24-16(21)10-12-6-8-19(9-7-12)15-5-4-13(20(22)23)11-14(15)18/h4-5,11-12H,6-10H2,1-3H3. The van der Waals surface area contributed by atoms with Crippen LogP contribution >= 0.6 is 0 Å². The number of carbonyl (C=O) groups excluding carboxylic acids is 1. The molecular weight excluding hydrogens is 315 g/mol. The monoisotopic (exact) mass is 338 g/mol. The summed E-state index contributed by atoms with van der Waals surface area (Å²) in [6.45, 7) is 6.74. The number of nitrogens with zero attached hydrogens (tertiary/aromatic N) is 2. The fourth-order valence-corrected chi connectivity index (χ4v) is 2.86. The maximum Gasteiger partial charge on any atom is 0.306 e. The van der Waals surface area contributed by atoms with Crippen LogP contribution in [0.2, 0.25) is 0 Å². The Hall–Kier alpha value is -2.18. The van der Waals surface area contributed by atoms with E-state index in [0.717, 1.165) is 18.9 Å². The minimum absolute atomic E-state index is 0.206. The molecule has 1 aliphatic heterocycles. The number of rotatable bonds is 4. The van der Waals surface area contributed by atoms with Crippen molar-refractivity contribution in [2.75, 3.05) is 18.0 Å². The Bertz CT molecular complexity index is 620. The molecule has 0 aliphatic carbocycles. The molecule has 0 bridgehead atoms. The van der Waals surface area contributed by atoms with Crippen molar-refractivity contribution in [1.82, 2.24) is 0 Å². The number of esters is 1. The van der Waals surface area contributed by atoms with E-state index in [1.807, 2.05) is 25.7 Å². The largest absolute Gasteiger partial charge is 0.460 e. The third-order valence-electron chi connectivity index (χ3n) is 3.97. The summed E-state index contributed by atoms with van der Waals surface area (Å²) in [6.07, 6.45) is 1.89. The molecule has 0 radical (unpaired) electrons. The van der Waals surface area contributed by atoms with Crippen LogP contribution in [-0.2, 0) is 9.53 Å². The van der Waals surface area contributed by atoms with E-state index in [-0.39, 0.29) is 17.6 Å². The molecule has 0 unspecified atom stereocenters. The molecule has 6 nitrogen and oxygen atoms in total. The quantitative estimate of drug-likeness (QED) is 0.476. The van der Waals surface area contributed by atoms with Gasteiger partial charge in [-0.05, 0) is 45.6 Å². The van der Waals surface area contributed by atoms with Gasteiger partial charge in [-0.3, -0.25) is 14.9 Å². The van der Waals surface area contributed by atoms with E-state index in [0.29, 0.717) is 25.2 Å². The first-order valence-corrected chi connectivity index (χ1v) is 8.06. The summed E-state index contributed by atoms with van der Waals surface area (Å²) in [5.41, 5.74) is -0.368. The third-order valence-corrected chi connectivity index (χ3v) is 3.97. The Kier molecular flexibility index (Phi) is 5.41. The number of nitro benzene ring substituents is 1. The van der Waals surface area contributed by atoms with Crippen molar-refractivity contribution in [2.45, 2.75) is 45.6 Å². The topological polar surface area (TPSA) is 72.7 Å². The first-order chi connectivity index (χ1) is 11.2. The number of hydrogen-bond donors (Lipinski definition) is 0.